The number of hydrogen-bond acceptors (Lipinski definition) is 6. The van der Waals surface area contributed by atoms with Crippen molar-refractivity contribution in [3.8, 4) is 5.75 Å². The summed E-state index contributed by atoms with van der Waals surface area (Å²) >= 11 is 0. The Bertz CT molecular complexity index is 346. The Kier molecular flexibility index (Phi) is 10.5. The first-order valence-corrected chi connectivity index (χ1v) is 7.19. The molecule has 1 rings (SSSR count). The molecule has 1 aromatic carbocycles. The predicted octanol–water partition coefficient (Wildman–Crippen LogP) is 0.917. The Balaban J connectivity index is 1.81. The van der Waals surface area contributed by atoms with Gasteiger partial charge in [-0.3, -0.25) is 0 Å². The fourth-order valence-electron chi connectivity index (χ4n) is 1.50. The van der Waals surface area contributed by atoms with E-state index in [1.807, 2.05) is 31.3 Å². The van der Waals surface area contributed by atoms with Gasteiger partial charge in [0.2, 0.25) is 0 Å². The molecule has 0 saturated heterocycles. The highest BCUT2D eigenvalue weighted by Gasteiger charge is 1.94. The maximum Gasteiger partial charge on any atom is 0.119 e. The molecule has 0 bridgehead atoms. The summed E-state index contributed by atoms with van der Waals surface area (Å²) < 4.78 is 21.6. The van der Waals surface area contributed by atoms with Crippen LogP contribution in [0.1, 0.15) is 0 Å². The van der Waals surface area contributed by atoms with Crippen molar-refractivity contribution in [2.45, 2.75) is 0 Å². The van der Waals surface area contributed by atoms with Crippen molar-refractivity contribution in [2.24, 2.45) is 0 Å². The van der Waals surface area contributed by atoms with Gasteiger partial charge in [0.05, 0.1) is 39.6 Å². The fraction of sp³-hybridized carbons (Fsp3) is 0.600. The summed E-state index contributed by atoms with van der Waals surface area (Å²) in [6.07, 6.45) is 0. The van der Waals surface area contributed by atoms with Crippen LogP contribution in [0.15, 0.2) is 24.3 Å². The second-order valence-corrected chi connectivity index (χ2v) is 4.36. The number of nitrogen functional groups attached to an aromatic ring is 1. The second-order valence-electron chi connectivity index (χ2n) is 4.36. The first-order valence-electron chi connectivity index (χ1n) is 7.19. The molecular weight excluding hydrogens is 272 g/mol. The summed E-state index contributed by atoms with van der Waals surface area (Å²) in [6, 6.07) is 7.30. The van der Waals surface area contributed by atoms with Crippen LogP contribution in [0.5, 0.6) is 5.75 Å². The van der Waals surface area contributed by atoms with E-state index < -0.39 is 0 Å². The monoisotopic (exact) mass is 298 g/mol. The number of nitrogens with two attached hydrogens (primary N) is 1. The summed E-state index contributed by atoms with van der Waals surface area (Å²) in [6.45, 7) is 4.94. The van der Waals surface area contributed by atoms with Gasteiger partial charge in [-0.25, -0.2) is 0 Å². The van der Waals surface area contributed by atoms with E-state index in [9.17, 15) is 0 Å². The Morgan fingerprint density at radius 1 is 0.810 bits per heavy atom. The summed E-state index contributed by atoms with van der Waals surface area (Å²) in [5, 5.41) is 3.01. The molecule has 120 valence electrons. The van der Waals surface area contributed by atoms with Crippen LogP contribution in [0.2, 0.25) is 0 Å². The van der Waals surface area contributed by atoms with Crippen molar-refractivity contribution in [1.82, 2.24) is 5.32 Å². The number of likely N-dealkylation sites (N-methyl/N-ethyl adjacent to an activating group) is 1. The highest BCUT2D eigenvalue weighted by molar-refractivity contribution is 5.41. The third-order valence-electron chi connectivity index (χ3n) is 2.62. The molecule has 0 amide bonds. The quantitative estimate of drug-likeness (QED) is 0.416. The van der Waals surface area contributed by atoms with Gasteiger partial charge in [-0.15, -0.1) is 0 Å². The summed E-state index contributed by atoms with van der Waals surface area (Å²) in [7, 11) is 1.90. The molecule has 0 atom stereocenters. The van der Waals surface area contributed by atoms with Gasteiger partial charge in [-0.1, -0.05) is 0 Å². The van der Waals surface area contributed by atoms with Crippen molar-refractivity contribution in [1.29, 1.82) is 0 Å². The summed E-state index contributed by atoms with van der Waals surface area (Å²) in [5.74, 6) is 0.794. The molecule has 0 heterocycles. The normalized spacial score (nSPS) is 10.7. The zero-order chi connectivity index (χ0) is 15.2. The summed E-state index contributed by atoms with van der Waals surface area (Å²) in [4.78, 5) is 0. The molecule has 6 heteroatoms. The van der Waals surface area contributed by atoms with Crippen molar-refractivity contribution in [2.75, 3.05) is 65.6 Å². The summed E-state index contributed by atoms with van der Waals surface area (Å²) in [5.41, 5.74) is 6.32. The van der Waals surface area contributed by atoms with E-state index in [0.29, 0.717) is 46.2 Å². The molecule has 0 aliphatic heterocycles. The number of rotatable bonds is 13. The molecule has 0 radical (unpaired) electrons. The molecule has 21 heavy (non-hydrogen) atoms. The Morgan fingerprint density at radius 3 is 1.90 bits per heavy atom. The number of benzene rings is 1. The van der Waals surface area contributed by atoms with Gasteiger partial charge >= 0.3 is 0 Å². The largest absolute Gasteiger partial charge is 0.491 e. The Morgan fingerprint density at radius 2 is 1.33 bits per heavy atom. The highest BCUT2D eigenvalue weighted by Crippen LogP contribution is 2.12. The SMILES string of the molecule is CNCCOCCOCCOCCOc1ccc(N)cc1. The van der Waals surface area contributed by atoms with Crippen LogP contribution in [0.4, 0.5) is 5.69 Å². The van der Waals surface area contributed by atoms with Crippen molar-refractivity contribution >= 4 is 5.69 Å². The maximum absolute atomic E-state index is 5.59. The molecule has 3 N–H and O–H groups in total. The molecule has 0 unspecified atom stereocenters. The van der Waals surface area contributed by atoms with Gasteiger partial charge in [0.1, 0.15) is 12.4 Å². The van der Waals surface area contributed by atoms with Crippen LogP contribution < -0.4 is 15.8 Å². The lowest BCUT2D eigenvalue weighted by molar-refractivity contribution is 0.0100. The number of hydrogen-bond donors (Lipinski definition) is 2. The fourth-order valence-corrected chi connectivity index (χ4v) is 1.50. The van der Waals surface area contributed by atoms with E-state index in [1.54, 1.807) is 0 Å². The zero-order valence-electron chi connectivity index (χ0n) is 12.7. The van der Waals surface area contributed by atoms with Crippen LogP contribution in [0.25, 0.3) is 0 Å². The third kappa shape index (κ3) is 10.1. The molecule has 0 aliphatic carbocycles. The minimum Gasteiger partial charge on any atom is -0.491 e. The molecule has 0 aromatic heterocycles. The van der Waals surface area contributed by atoms with Gasteiger partial charge < -0.3 is 30.0 Å². The second kappa shape index (κ2) is 12.4. The van der Waals surface area contributed by atoms with E-state index in [1.165, 1.54) is 0 Å². The first-order chi connectivity index (χ1) is 10.3. The molecule has 6 nitrogen and oxygen atoms in total. The Labute approximate surface area is 126 Å². The third-order valence-corrected chi connectivity index (χ3v) is 2.62. The zero-order valence-corrected chi connectivity index (χ0v) is 12.7. The van der Waals surface area contributed by atoms with E-state index in [2.05, 4.69) is 5.32 Å². The molecule has 0 spiro atoms. The van der Waals surface area contributed by atoms with Gasteiger partial charge in [0.25, 0.3) is 0 Å². The van der Waals surface area contributed by atoms with E-state index in [4.69, 9.17) is 24.7 Å². The smallest absolute Gasteiger partial charge is 0.119 e. The number of anilines is 1. The van der Waals surface area contributed by atoms with Gasteiger partial charge in [-0.2, -0.15) is 0 Å². The molecule has 0 saturated carbocycles. The van der Waals surface area contributed by atoms with Crippen LogP contribution in [0, 0.1) is 0 Å². The van der Waals surface area contributed by atoms with Crippen LogP contribution in [-0.2, 0) is 14.2 Å². The number of ether oxygens (including phenoxy) is 4. The van der Waals surface area contributed by atoms with Crippen LogP contribution in [0.3, 0.4) is 0 Å². The predicted molar refractivity (Wildman–Crippen MR) is 82.7 cm³/mol. The van der Waals surface area contributed by atoms with E-state index >= 15 is 0 Å². The molecule has 0 aliphatic rings. The Hall–Kier alpha value is -1.34. The standard InChI is InChI=1S/C15H26N2O4/c1-17-6-7-18-8-9-19-10-11-20-12-13-21-15-4-2-14(16)3-5-15/h2-5,17H,6-13,16H2,1H3. The average molecular weight is 298 g/mol. The van der Waals surface area contributed by atoms with Crippen LogP contribution in [-0.4, -0.2) is 59.8 Å². The molecule has 0 fully saturated rings. The minimum atomic E-state index is 0.511. The van der Waals surface area contributed by atoms with Gasteiger partial charge in [0.15, 0.2) is 0 Å². The molecule has 1 aromatic rings. The maximum atomic E-state index is 5.59. The van der Waals surface area contributed by atoms with Crippen molar-refractivity contribution < 1.29 is 18.9 Å². The van der Waals surface area contributed by atoms with Crippen LogP contribution >= 0.6 is 0 Å². The average Bonchev–Trinajstić information content (AvgIpc) is 2.50. The topological polar surface area (TPSA) is 75.0 Å². The molecular formula is C15H26N2O4. The van der Waals surface area contributed by atoms with Gasteiger partial charge in [0, 0.05) is 12.2 Å². The number of nitrogens with one attached hydrogen (secondary N) is 1. The van der Waals surface area contributed by atoms with E-state index in [0.717, 1.165) is 18.0 Å². The lowest BCUT2D eigenvalue weighted by atomic mass is 10.3. The highest BCUT2D eigenvalue weighted by atomic mass is 16.6. The van der Waals surface area contributed by atoms with Crippen molar-refractivity contribution in [3.63, 3.8) is 0 Å². The van der Waals surface area contributed by atoms with Gasteiger partial charge in [-0.05, 0) is 31.3 Å². The van der Waals surface area contributed by atoms with E-state index in [-0.39, 0.29) is 0 Å². The lowest BCUT2D eigenvalue weighted by Crippen LogP contribution is -2.17. The first kappa shape index (κ1) is 17.7. The minimum absolute atomic E-state index is 0.511. The van der Waals surface area contributed by atoms with Crippen molar-refractivity contribution in [3.05, 3.63) is 24.3 Å². The lowest BCUT2D eigenvalue weighted by Gasteiger charge is -2.08.